The largest absolute Gasteiger partial charge is 0.242 e. The highest BCUT2D eigenvalue weighted by molar-refractivity contribution is 7.84. The summed E-state index contributed by atoms with van der Waals surface area (Å²) in [7, 11) is -1.18. The van der Waals surface area contributed by atoms with Crippen LogP contribution in [0.3, 0.4) is 0 Å². The van der Waals surface area contributed by atoms with Gasteiger partial charge in [0.25, 0.3) is 0 Å². The number of hydrogen-bond acceptors (Lipinski definition) is 1. The second-order valence-corrected chi connectivity index (χ2v) is 14.5. The second kappa shape index (κ2) is 10.2. The zero-order valence-corrected chi connectivity index (χ0v) is 20.1. The first-order valence-electron chi connectivity index (χ1n) is 11.4. The average Bonchev–Trinajstić information content (AvgIpc) is 2.69. The molecule has 0 bridgehead atoms. The maximum Gasteiger partial charge on any atom is 0.0975 e. The Kier molecular flexibility index (Phi) is 8.16. The van der Waals surface area contributed by atoms with E-state index >= 15 is 0 Å². The lowest BCUT2D eigenvalue weighted by molar-refractivity contribution is 0.487. The first-order valence-corrected chi connectivity index (χ1v) is 14.1. The molecule has 2 aliphatic rings. The Hall–Kier alpha value is -0.240. The molecule has 0 aromatic heterocycles. The van der Waals surface area contributed by atoms with Gasteiger partial charge in [-0.25, -0.2) is 8.93 Å². The maximum absolute atomic E-state index is 12.7. The molecule has 0 heterocycles. The van der Waals surface area contributed by atoms with E-state index in [0.29, 0.717) is 0 Å². The molecule has 2 saturated carbocycles. The molecule has 1 aromatic rings. The van der Waals surface area contributed by atoms with Crippen LogP contribution < -0.4 is 10.0 Å². The average molecular weight is 422 g/mol. The normalized spacial score (nSPS) is 22.3. The summed E-state index contributed by atoms with van der Waals surface area (Å²) in [5, 5.41) is 1.61. The van der Waals surface area contributed by atoms with E-state index in [1.807, 2.05) is 20.8 Å². The lowest BCUT2D eigenvalue weighted by atomic mass is 9.99. The lowest BCUT2D eigenvalue weighted by Gasteiger charge is -2.40. The number of rotatable bonds is 6. The minimum Gasteiger partial charge on any atom is -0.242 e. The van der Waals surface area contributed by atoms with Crippen molar-refractivity contribution in [1.82, 2.24) is 4.72 Å². The van der Waals surface area contributed by atoms with Crippen LogP contribution in [0, 0.1) is 0 Å². The van der Waals surface area contributed by atoms with Gasteiger partial charge in [-0.15, -0.1) is 0 Å². The molecule has 1 aromatic carbocycles. The SMILES string of the molecule is CC(N[S@](=O)C(C)(C)C)c1ccccc1P(C1CCCCC1)C1CCCCC1. The van der Waals surface area contributed by atoms with Gasteiger partial charge in [0.2, 0.25) is 0 Å². The van der Waals surface area contributed by atoms with Crippen LogP contribution in [0.2, 0.25) is 0 Å². The van der Waals surface area contributed by atoms with Crippen molar-refractivity contribution in [1.29, 1.82) is 0 Å². The number of nitrogens with one attached hydrogen (secondary N) is 1. The molecule has 2 fully saturated rings. The maximum atomic E-state index is 12.7. The van der Waals surface area contributed by atoms with Gasteiger partial charge >= 0.3 is 0 Å². The van der Waals surface area contributed by atoms with Gasteiger partial charge in [0.15, 0.2) is 0 Å². The number of benzene rings is 1. The monoisotopic (exact) mass is 421 g/mol. The van der Waals surface area contributed by atoms with Gasteiger partial charge in [-0.05, 0) is 75.6 Å². The van der Waals surface area contributed by atoms with Crippen molar-refractivity contribution in [3.63, 3.8) is 0 Å². The van der Waals surface area contributed by atoms with Gasteiger partial charge in [-0.3, -0.25) is 0 Å². The third-order valence-electron chi connectivity index (χ3n) is 6.46. The van der Waals surface area contributed by atoms with E-state index in [1.54, 1.807) is 5.30 Å². The Bertz CT molecular complexity index is 626. The minimum atomic E-state index is -1.04. The van der Waals surface area contributed by atoms with Gasteiger partial charge in [-0.1, -0.05) is 70.7 Å². The van der Waals surface area contributed by atoms with E-state index in [9.17, 15) is 4.21 Å². The quantitative estimate of drug-likeness (QED) is 0.517. The minimum absolute atomic E-state index is 0.133. The number of hydrogen-bond donors (Lipinski definition) is 1. The molecule has 0 aliphatic heterocycles. The van der Waals surface area contributed by atoms with Crippen LogP contribution in [-0.2, 0) is 11.0 Å². The topological polar surface area (TPSA) is 29.1 Å². The van der Waals surface area contributed by atoms with Gasteiger partial charge < -0.3 is 0 Å². The van der Waals surface area contributed by atoms with E-state index in [0.717, 1.165) is 11.3 Å². The second-order valence-electron chi connectivity index (χ2n) is 9.77. The molecule has 1 unspecified atom stereocenters. The highest BCUT2D eigenvalue weighted by Crippen LogP contribution is 2.55. The van der Waals surface area contributed by atoms with Crippen molar-refractivity contribution in [2.45, 2.75) is 114 Å². The summed E-state index contributed by atoms with van der Waals surface area (Å²) in [6, 6.07) is 9.27. The van der Waals surface area contributed by atoms with Crippen molar-refractivity contribution >= 4 is 24.2 Å². The summed E-state index contributed by atoms with van der Waals surface area (Å²) < 4.78 is 15.9. The summed E-state index contributed by atoms with van der Waals surface area (Å²) in [5.41, 5.74) is 3.20. The van der Waals surface area contributed by atoms with Crippen LogP contribution >= 0.6 is 7.92 Å². The van der Waals surface area contributed by atoms with Crippen LogP contribution in [0.15, 0.2) is 24.3 Å². The molecule has 0 spiro atoms. The van der Waals surface area contributed by atoms with Crippen molar-refractivity contribution in [3.8, 4) is 0 Å². The summed E-state index contributed by atoms with van der Waals surface area (Å²) in [5.74, 6) is 0. The molecular weight excluding hydrogens is 381 g/mol. The van der Waals surface area contributed by atoms with Crippen LogP contribution in [0.1, 0.15) is 104 Å². The lowest BCUT2D eigenvalue weighted by Crippen LogP contribution is -2.37. The third kappa shape index (κ3) is 5.67. The Morgan fingerprint density at radius 1 is 0.929 bits per heavy atom. The van der Waals surface area contributed by atoms with Crippen molar-refractivity contribution in [2.24, 2.45) is 0 Å². The van der Waals surface area contributed by atoms with E-state index in [1.165, 1.54) is 69.8 Å². The van der Waals surface area contributed by atoms with E-state index in [-0.39, 0.29) is 18.7 Å². The molecule has 28 heavy (non-hydrogen) atoms. The van der Waals surface area contributed by atoms with Crippen LogP contribution in [0.4, 0.5) is 0 Å². The molecule has 0 amide bonds. The van der Waals surface area contributed by atoms with Gasteiger partial charge in [-0.2, -0.15) is 0 Å². The molecular formula is C24H40NOPS. The van der Waals surface area contributed by atoms with Gasteiger partial charge in [0, 0.05) is 6.04 Å². The molecule has 1 N–H and O–H groups in total. The summed E-state index contributed by atoms with van der Waals surface area (Å²) in [4.78, 5) is 0. The highest BCUT2D eigenvalue weighted by atomic mass is 32.2. The van der Waals surface area contributed by atoms with Crippen molar-refractivity contribution < 1.29 is 4.21 Å². The molecule has 2 atom stereocenters. The molecule has 0 radical (unpaired) electrons. The first kappa shape index (κ1) is 22.4. The van der Waals surface area contributed by atoms with Crippen LogP contribution in [0.25, 0.3) is 0 Å². The van der Waals surface area contributed by atoms with E-state index in [2.05, 4.69) is 35.9 Å². The fourth-order valence-electron chi connectivity index (χ4n) is 4.90. The van der Waals surface area contributed by atoms with Crippen molar-refractivity contribution in [2.75, 3.05) is 0 Å². The van der Waals surface area contributed by atoms with Gasteiger partial charge in [0.1, 0.15) is 0 Å². The third-order valence-corrected chi connectivity index (χ3v) is 11.7. The highest BCUT2D eigenvalue weighted by Gasteiger charge is 2.34. The smallest absolute Gasteiger partial charge is 0.0975 e. The van der Waals surface area contributed by atoms with Crippen LogP contribution in [0.5, 0.6) is 0 Å². The van der Waals surface area contributed by atoms with Gasteiger partial charge in [0.05, 0.1) is 15.7 Å². The predicted octanol–water partition coefficient (Wildman–Crippen LogP) is 6.57. The van der Waals surface area contributed by atoms with Crippen LogP contribution in [-0.4, -0.2) is 20.3 Å². The zero-order valence-electron chi connectivity index (χ0n) is 18.4. The molecule has 158 valence electrons. The Morgan fingerprint density at radius 3 is 1.93 bits per heavy atom. The van der Waals surface area contributed by atoms with E-state index in [4.69, 9.17) is 0 Å². The standard InChI is InChI=1S/C24H40NOPS/c1-19(25-28(26)24(2,3)4)22-17-11-12-18-23(22)27(20-13-7-5-8-14-20)21-15-9-6-10-16-21/h11-12,17-21,25H,5-10,13-16H2,1-4H3/t19?,28-/m1/s1. The summed E-state index contributed by atoms with van der Waals surface area (Å²) in [6.07, 6.45) is 14.2. The Morgan fingerprint density at radius 2 is 1.43 bits per heavy atom. The predicted molar refractivity (Wildman–Crippen MR) is 126 cm³/mol. The fraction of sp³-hybridized carbons (Fsp3) is 0.750. The zero-order chi connectivity index (χ0) is 20.1. The molecule has 4 heteroatoms. The summed E-state index contributed by atoms with van der Waals surface area (Å²) in [6.45, 7) is 8.35. The molecule has 0 saturated heterocycles. The Balaban J connectivity index is 1.90. The first-order chi connectivity index (χ1) is 13.4. The molecule has 2 aliphatic carbocycles. The fourth-order valence-corrected chi connectivity index (χ4v) is 9.75. The van der Waals surface area contributed by atoms with E-state index < -0.39 is 11.0 Å². The Labute approximate surface area is 177 Å². The summed E-state index contributed by atoms with van der Waals surface area (Å²) >= 11 is 0. The molecule has 2 nitrogen and oxygen atoms in total. The van der Waals surface area contributed by atoms with Crippen molar-refractivity contribution in [3.05, 3.63) is 29.8 Å². The molecule has 3 rings (SSSR count).